The summed E-state index contributed by atoms with van der Waals surface area (Å²) in [5, 5.41) is 3.91. The number of carbonyl (C=O) groups is 2. The molecule has 1 aromatic rings. The third-order valence-electron chi connectivity index (χ3n) is 3.52. The van der Waals surface area contributed by atoms with E-state index in [9.17, 15) is 9.59 Å². The fourth-order valence-corrected chi connectivity index (χ4v) is 2.93. The maximum absolute atomic E-state index is 12.3. The zero-order valence-corrected chi connectivity index (χ0v) is 13.4. The smallest absolute Gasteiger partial charge is 0.245 e. The molecule has 1 N–H and O–H groups in total. The van der Waals surface area contributed by atoms with Crippen molar-refractivity contribution in [3.05, 3.63) is 33.8 Å². The molecule has 1 saturated heterocycles. The second-order valence-corrected chi connectivity index (χ2v) is 6.00. The SMILES string of the molecule is CCCC1NC(=O)CN(CCc2ccc(Cl)cc2Cl)C1=O. The number of piperazine rings is 1. The highest BCUT2D eigenvalue weighted by molar-refractivity contribution is 6.35. The standard InChI is InChI=1S/C15H18Cl2N2O2/c1-2-3-13-15(21)19(9-14(20)18-13)7-6-10-4-5-11(16)8-12(10)17/h4-5,8,13H,2-3,6-7,9H2,1H3,(H,18,20). The van der Waals surface area contributed by atoms with E-state index in [2.05, 4.69) is 5.32 Å². The van der Waals surface area contributed by atoms with Crippen molar-refractivity contribution in [3.63, 3.8) is 0 Å². The van der Waals surface area contributed by atoms with Crippen LogP contribution in [0.4, 0.5) is 0 Å². The molecule has 21 heavy (non-hydrogen) atoms. The average molecular weight is 329 g/mol. The van der Waals surface area contributed by atoms with Gasteiger partial charge in [0, 0.05) is 16.6 Å². The van der Waals surface area contributed by atoms with E-state index in [0.29, 0.717) is 29.4 Å². The van der Waals surface area contributed by atoms with E-state index < -0.39 is 6.04 Å². The summed E-state index contributed by atoms with van der Waals surface area (Å²) in [5.74, 6) is -0.114. The summed E-state index contributed by atoms with van der Waals surface area (Å²) < 4.78 is 0. The minimum atomic E-state index is -0.392. The van der Waals surface area contributed by atoms with Crippen molar-refractivity contribution in [2.45, 2.75) is 32.2 Å². The molecule has 1 aliphatic heterocycles. The number of nitrogens with one attached hydrogen (secondary N) is 1. The largest absolute Gasteiger partial charge is 0.343 e. The van der Waals surface area contributed by atoms with Gasteiger partial charge in [-0.25, -0.2) is 0 Å². The van der Waals surface area contributed by atoms with E-state index in [1.165, 1.54) is 0 Å². The summed E-state index contributed by atoms with van der Waals surface area (Å²) in [7, 11) is 0. The normalized spacial score (nSPS) is 18.8. The molecule has 1 aliphatic rings. The van der Waals surface area contributed by atoms with E-state index in [4.69, 9.17) is 23.2 Å². The molecule has 2 amide bonds. The Morgan fingerprint density at radius 2 is 2.10 bits per heavy atom. The summed E-state index contributed by atoms with van der Waals surface area (Å²) in [6.45, 7) is 2.59. The first-order valence-corrected chi connectivity index (χ1v) is 7.79. The Hall–Kier alpha value is -1.26. The second-order valence-electron chi connectivity index (χ2n) is 5.15. The molecule has 4 nitrogen and oxygen atoms in total. The Balaban J connectivity index is 2.01. The lowest BCUT2D eigenvalue weighted by Crippen LogP contribution is -2.58. The highest BCUT2D eigenvalue weighted by atomic mass is 35.5. The zero-order valence-electron chi connectivity index (χ0n) is 11.9. The van der Waals surface area contributed by atoms with Crippen molar-refractivity contribution in [2.75, 3.05) is 13.1 Å². The predicted octanol–water partition coefficient (Wildman–Crippen LogP) is 2.66. The van der Waals surface area contributed by atoms with Gasteiger partial charge in [0.05, 0.1) is 6.54 Å². The third kappa shape index (κ3) is 4.11. The maximum Gasteiger partial charge on any atom is 0.245 e. The number of hydrogen-bond acceptors (Lipinski definition) is 2. The van der Waals surface area contributed by atoms with Crippen LogP contribution in [0.5, 0.6) is 0 Å². The van der Waals surface area contributed by atoms with E-state index in [1.54, 1.807) is 17.0 Å². The van der Waals surface area contributed by atoms with Crippen molar-refractivity contribution in [1.29, 1.82) is 0 Å². The van der Waals surface area contributed by atoms with Gasteiger partial charge >= 0.3 is 0 Å². The third-order valence-corrected chi connectivity index (χ3v) is 4.11. The number of nitrogens with zero attached hydrogens (tertiary/aromatic N) is 1. The van der Waals surface area contributed by atoms with Crippen molar-refractivity contribution in [1.82, 2.24) is 10.2 Å². The van der Waals surface area contributed by atoms with Gasteiger partial charge in [-0.2, -0.15) is 0 Å². The lowest BCUT2D eigenvalue weighted by Gasteiger charge is -2.32. The quantitative estimate of drug-likeness (QED) is 0.903. The summed E-state index contributed by atoms with van der Waals surface area (Å²) in [6, 6.07) is 4.91. The fourth-order valence-electron chi connectivity index (χ4n) is 2.43. The molecule has 0 aliphatic carbocycles. The Bertz CT molecular complexity index is 548. The Morgan fingerprint density at radius 1 is 1.33 bits per heavy atom. The molecule has 6 heteroatoms. The first kappa shape index (κ1) is 16.1. The molecule has 1 unspecified atom stereocenters. The summed E-state index contributed by atoms with van der Waals surface area (Å²) in [5.41, 5.74) is 0.923. The summed E-state index contributed by atoms with van der Waals surface area (Å²) in [4.78, 5) is 25.6. The summed E-state index contributed by atoms with van der Waals surface area (Å²) in [6.07, 6.45) is 2.13. The topological polar surface area (TPSA) is 49.4 Å². The van der Waals surface area contributed by atoms with Gasteiger partial charge < -0.3 is 10.2 Å². The van der Waals surface area contributed by atoms with Crippen LogP contribution in [0.15, 0.2) is 18.2 Å². The van der Waals surface area contributed by atoms with E-state index in [-0.39, 0.29) is 18.4 Å². The van der Waals surface area contributed by atoms with Gasteiger partial charge in [-0.05, 0) is 30.5 Å². The fraction of sp³-hybridized carbons (Fsp3) is 0.467. The highest BCUT2D eigenvalue weighted by Crippen LogP contribution is 2.22. The molecule has 0 aromatic heterocycles. The van der Waals surface area contributed by atoms with Crippen molar-refractivity contribution < 1.29 is 9.59 Å². The molecule has 1 atom stereocenters. The number of amides is 2. The molecule has 0 spiro atoms. The second kappa shape index (κ2) is 7.14. The van der Waals surface area contributed by atoms with Crippen LogP contribution in [0.1, 0.15) is 25.3 Å². The van der Waals surface area contributed by atoms with E-state index in [0.717, 1.165) is 12.0 Å². The van der Waals surface area contributed by atoms with Gasteiger partial charge in [-0.1, -0.05) is 42.6 Å². The van der Waals surface area contributed by atoms with Crippen molar-refractivity contribution in [2.24, 2.45) is 0 Å². The molecule has 0 saturated carbocycles. The maximum atomic E-state index is 12.3. The van der Waals surface area contributed by atoms with Crippen LogP contribution in [0.2, 0.25) is 10.0 Å². The number of hydrogen-bond donors (Lipinski definition) is 1. The van der Waals surface area contributed by atoms with Gasteiger partial charge in [0.2, 0.25) is 11.8 Å². The van der Waals surface area contributed by atoms with Crippen LogP contribution in [0.3, 0.4) is 0 Å². The lowest BCUT2D eigenvalue weighted by atomic mass is 10.1. The van der Waals surface area contributed by atoms with Crippen LogP contribution in [0, 0.1) is 0 Å². The lowest BCUT2D eigenvalue weighted by molar-refractivity contribution is -0.144. The highest BCUT2D eigenvalue weighted by Gasteiger charge is 2.31. The van der Waals surface area contributed by atoms with Crippen LogP contribution >= 0.6 is 23.2 Å². The Morgan fingerprint density at radius 3 is 2.76 bits per heavy atom. The molecule has 114 valence electrons. The monoisotopic (exact) mass is 328 g/mol. The van der Waals surface area contributed by atoms with Crippen molar-refractivity contribution in [3.8, 4) is 0 Å². The predicted molar refractivity (Wildman–Crippen MR) is 83.6 cm³/mol. The van der Waals surface area contributed by atoms with Gasteiger partial charge in [-0.15, -0.1) is 0 Å². The van der Waals surface area contributed by atoms with E-state index >= 15 is 0 Å². The molecule has 2 rings (SSSR count). The number of benzene rings is 1. The van der Waals surface area contributed by atoms with Gasteiger partial charge in [0.25, 0.3) is 0 Å². The molecule has 0 bridgehead atoms. The van der Waals surface area contributed by atoms with Crippen LogP contribution in [0.25, 0.3) is 0 Å². The average Bonchev–Trinajstić information content (AvgIpc) is 2.42. The van der Waals surface area contributed by atoms with Crippen molar-refractivity contribution >= 4 is 35.0 Å². The van der Waals surface area contributed by atoms with Gasteiger partial charge in [0.15, 0.2) is 0 Å². The summed E-state index contributed by atoms with van der Waals surface area (Å²) >= 11 is 12.0. The minimum absolute atomic E-state index is 0.0125. The molecule has 1 fully saturated rings. The first-order chi connectivity index (χ1) is 10.0. The van der Waals surface area contributed by atoms with Crippen LogP contribution in [-0.4, -0.2) is 35.8 Å². The number of carbonyl (C=O) groups excluding carboxylic acids is 2. The zero-order chi connectivity index (χ0) is 15.4. The molecule has 1 heterocycles. The van der Waals surface area contributed by atoms with Gasteiger partial charge in [-0.3, -0.25) is 9.59 Å². The van der Waals surface area contributed by atoms with Gasteiger partial charge in [0.1, 0.15) is 6.04 Å². The molecule has 0 radical (unpaired) electrons. The Labute approximate surface area is 134 Å². The number of rotatable bonds is 5. The van der Waals surface area contributed by atoms with Crippen LogP contribution < -0.4 is 5.32 Å². The first-order valence-electron chi connectivity index (χ1n) is 7.03. The molecular formula is C15H18Cl2N2O2. The van der Waals surface area contributed by atoms with E-state index in [1.807, 2.05) is 13.0 Å². The Kier molecular flexibility index (Phi) is 5.48. The van der Waals surface area contributed by atoms with Crippen LogP contribution in [-0.2, 0) is 16.0 Å². The number of halogens is 2. The minimum Gasteiger partial charge on any atom is -0.343 e. The molecule has 1 aromatic carbocycles. The molecular weight excluding hydrogens is 311 g/mol.